The molecule has 0 aromatic rings. The molecule has 3 aliphatic rings. The first-order valence-electron chi connectivity index (χ1n) is 10.6. The number of rotatable bonds is 7. The third-order valence-electron chi connectivity index (χ3n) is 6.10. The summed E-state index contributed by atoms with van der Waals surface area (Å²) in [6, 6.07) is 0. The molecule has 0 bridgehead atoms. The van der Waals surface area contributed by atoms with Gasteiger partial charge in [-0.05, 0) is 0 Å². The van der Waals surface area contributed by atoms with Gasteiger partial charge in [-0.3, -0.25) is 0 Å². The first-order valence-corrected chi connectivity index (χ1v) is 10.6. The minimum absolute atomic E-state index is 0.734. The van der Waals surface area contributed by atoms with Crippen LogP contribution in [-0.2, 0) is 23.7 Å². The molecule has 0 aliphatic carbocycles. The highest BCUT2D eigenvalue weighted by molar-refractivity contribution is 4.95. The van der Waals surface area contributed by atoms with Gasteiger partial charge in [0.1, 0.15) is 73.2 Å². The second-order valence-electron chi connectivity index (χ2n) is 8.33. The van der Waals surface area contributed by atoms with Crippen molar-refractivity contribution in [3.8, 4) is 0 Å². The zero-order valence-corrected chi connectivity index (χ0v) is 17.7. The standard InChI is InChI=1S/C18H32O16/c19-1-4-8(23)11(26)14(16(29)30-4)33-18-15(12(27)9(24)6(3-21)32-18)34-17-13(28)10(25)7(22)5(2-20)31-17/h4-29H,1-3H2/t4-,5-,6-,7-,8-,9-,10+,11+,12+,13-,14-,15-,16?,17+,18-/m1/s1. The van der Waals surface area contributed by atoms with Crippen molar-refractivity contribution in [2.45, 2.75) is 92.1 Å². The molecule has 0 amide bonds. The number of hydrogen-bond donors (Lipinski definition) is 11. The van der Waals surface area contributed by atoms with Crippen LogP contribution in [0.1, 0.15) is 0 Å². The normalized spacial score (nSPS) is 52.5. The molecule has 3 heterocycles. The monoisotopic (exact) mass is 504 g/mol. The predicted octanol–water partition coefficient (Wildman–Crippen LogP) is -7.57. The maximum Gasteiger partial charge on any atom is 0.187 e. The lowest BCUT2D eigenvalue weighted by Crippen LogP contribution is -2.66. The van der Waals surface area contributed by atoms with E-state index in [9.17, 15) is 56.2 Å². The van der Waals surface area contributed by atoms with E-state index in [-0.39, 0.29) is 0 Å². The summed E-state index contributed by atoms with van der Waals surface area (Å²) in [5.74, 6) is 0. The minimum atomic E-state index is -1.90. The number of aliphatic hydroxyl groups is 11. The molecule has 3 rings (SSSR count). The molecule has 0 aromatic carbocycles. The summed E-state index contributed by atoms with van der Waals surface area (Å²) in [7, 11) is 0. The van der Waals surface area contributed by atoms with E-state index in [0.29, 0.717) is 0 Å². The lowest BCUT2D eigenvalue weighted by atomic mass is 9.96. The number of ether oxygens (including phenoxy) is 5. The Labute approximate surface area is 192 Å². The first-order chi connectivity index (χ1) is 16.0. The van der Waals surface area contributed by atoms with Crippen LogP contribution >= 0.6 is 0 Å². The third-order valence-corrected chi connectivity index (χ3v) is 6.10. The van der Waals surface area contributed by atoms with E-state index in [1.807, 2.05) is 0 Å². The van der Waals surface area contributed by atoms with Gasteiger partial charge in [0.25, 0.3) is 0 Å². The van der Waals surface area contributed by atoms with Gasteiger partial charge in [-0.1, -0.05) is 0 Å². The zero-order chi connectivity index (χ0) is 25.3. The molecule has 0 aromatic heterocycles. The summed E-state index contributed by atoms with van der Waals surface area (Å²) in [6.45, 7) is -2.31. The van der Waals surface area contributed by atoms with Crippen molar-refractivity contribution in [2.24, 2.45) is 0 Å². The van der Waals surface area contributed by atoms with Crippen LogP contribution in [0, 0.1) is 0 Å². The molecule has 0 radical (unpaired) electrons. The smallest absolute Gasteiger partial charge is 0.187 e. The summed E-state index contributed by atoms with van der Waals surface area (Å²) in [6.07, 6.45) is -25.7. The maximum absolute atomic E-state index is 10.6. The highest BCUT2D eigenvalue weighted by atomic mass is 16.8. The summed E-state index contributed by atoms with van der Waals surface area (Å²) in [5.41, 5.74) is 0. The van der Waals surface area contributed by atoms with Gasteiger partial charge in [0.15, 0.2) is 18.9 Å². The van der Waals surface area contributed by atoms with E-state index in [4.69, 9.17) is 23.7 Å². The van der Waals surface area contributed by atoms with Gasteiger partial charge in [0.2, 0.25) is 0 Å². The fourth-order valence-corrected chi connectivity index (χ4v) is 4.02. The summed E-state index contributed by atoms with van der Waals surface area (Å²) in [5, 5.41) is 109. The fraction of sp³-hybridized carbons (Fsp3) is 1.00. The molecular weight excluding hydrogens is 472 g/mol. The average Bonchev–Trinajstić information content (AvgIpc) is 2.83. The Balaban J connectivity index is 1.82. The van der Waals surface area contributed by atoms with Gasteiger partial charge < -0.3 is 79.9 Å². The van der Waals surface area contributed by atoms with Crippen molar-refractivity contribution in [1.82, 2.24) is 0 Å². The Hall–Kier alpha value is -0.640. The van der Waals surface area contributed by atoms with Crippen LogP contribution in [0.2, 0.25) is 0 Å². The SMILES string of the molecule is OC[C@H]1O[C@@H](O[C@H]2[C@@H](O[C@H]3C(O)O[C@H](CO)[C@@H](O)[C@@H]3O)O[C@H](CO)[C@@H](O)[C@@H]2O)[C@H](O)[C@@H](O)[C@@H]1O. The van der Waals surface area contributed by atoms with Crippen molar-refractivity contribution in [3.05, 3.63) is 0 Å². The van der Waals surface area contributed by atoms with Gasteiger partial charge in [-0.15, -0.1) is 0 Å². The molecule has 0 spiro atoms. The largest absolute Gasteiger partial charge is 0.394 e. The maximum atomic E-state index is 10.6. The molecule has 11 N–H and O–H groups in total. The molecule has 34 heavy (non-hydrogen) atoms. The number of hydrogen-bond acceptors (Lipinski definition) is 16. The Kier molecular flexibility index (Phi) is 9.54. The number of aliphatic hydroxyl groups excluding tert-OH is 11. The fourth-order valence-electron chi connectivity index (χ4n) is 4.02. The molecule has 1 unspecified atom stereocenters. The van der Waals surface area contributed by atoms with Gasteiger partial charge in [0, 0.05) is 0 Å². The van der Waals surface area contributed by atoms with Crippen LogP contribution in [0.25, 0.3) is 0 Å². The third kappa shape index (κ3) is 5.37. The molecule has 3 saturated heterocycles. The second-order valence-corrected chi connectivity index (χ2v) is 8.33. The second kappa shape index (κ2) is 11.6. The zero-order valence-electron chi connectivity index (χ0n) is 17.7. The van der Waals surface area contributed by atoms with E-state index in [2.05, 4.69) is 0 Å². The topological polar surface area (TPSA) is 269 Å². The lowest BCUT2D eigenvalue weighted by Gasteiger charge is -2.48. The molecule has 0 saturated carbocycles. The van der Waals surface area contributed by atoms with Crippen molar-refractivity contribution >= 4 is 0 Å². The molecule has 15 atom stereocenters. The lowest BCUT2D eigenvalue weighted by molar-refractivity contribution is -0.391. The van der Waals surface area contributed by atoms with Gasteiger partial charge in [-0.2, -0.15) is 0 Å². The van der Waals surface area contributed by atoms with Crippen molar-refractivity contribution in [2.75, 3.05) is 19.8 Å². The molecule has 16 nitrogen and oxygen atoms in total. The first kappa shape index (κ1) is 27.9. The Morgan fingerprint density at radius 1 is 0.441 bits per heavy atom. The van der Waals surface area contributed by atoms with Crippen LogP contribution in [0.4, 0.5) is 0 Å². The van der Waals surface area contributed by atoms with Crippen LogP contribution in [-0.4, -0.2) is 168 Å². The highest BCUT2D eigenvalue weighted by Gasteiger charge is 2.53. The summed E-state index contributed by atoms with van der Waals surface area (Å²) >= 11 is 0. The molecular formula is C18H32O16. The van der Waals surface area contributed by atoms with Gasteiger partial charge >= 0.3 is 0 Å². The van der Waals surface area contributed by atoms with Gasteiger partial charge in [-0.25, -0.2) is 0 Å². The van der Waals surface area contributed by atoms with E-state index in [1.54, 1.807) is 0 Å². The van der Waals surface area contributed by atoms with E-state index in [1.165, 1.54) is 0 Å². The van der Waals surface area contributed by atoms with E-state index < -0.39 is 112 Å². The van der Waals surface area contributed by atoms with Crippen LogP contribution in [0.3, 0.4) is 0 Å². The van der Waals surface area contributed by atoms with Crippen LogP contribution < -0.4 is 0 Å². The Morgan fingerprint density at radius 2 is 0.853 bits per heavy atom. The van der Waals surface area contributed by atoms with Crippen molar-refractivity contribution in [3.63, 3.8) is 0 Å². The molecule has 3 fully saturated rings. The van der Waals surface area contributed by atoms with E-state index >= 15 is 0 Å². The Bertz CT molecular complexity index is 639. The van der Waals surface area contributed by atoms with E-state index in [0.717, 1.165) is 0 Å². The highest BCUT2D eigenvalue weighted by Crippen LogP contribution is 2.32. The molecule has 200 valence electrons. The molecule has 16 heteroatoms. The van der Waals surface area contributed by atoms with Crippen LogP contribution in [0.5, 0.6) is 0 Å². The average molecular weight is 504 g/mol. The molecule has 3 aliphatic heterocycles. The van der Waals surface area contributed by atoms with Crippen molar-refractivity contribution in [1.29, 1.82) is 0 Å². The summed E-state index contributed by atoms with van der Waals surface area (Å²) in [4.78, 5) is 0. The Morgan fingerprint density at radius 3 is 1.38 bits per heavy atom. The predicted molar refractivity (Wildman–Crippen MR) is 101 cm³/mol. The quantitative estimate of drug-likeness (QED) is 0.154. The minimum Gasteiger partial charge on any atom is -0.394 e. The van der Waals surface area contributed by atoms with Gasteiger partial charge in [0.05, 0.1) is 19.8 Å². The van der Waals surface area contributed by atoms with Crippen molar-refractivity contribution < 1.29 is 79.9 Å². The summed E-state index contributed by atoms with van der Waals surface area (Å²) < 4.78 is 26.5. The van der Waals surface area contributed by atoms with Crippen LogP contribution in [0.15, 0.2) is 0 Å².